The molecule has 18 heavy (non-hydrogen) atoms. The van der Waals surface area contributed by atoms with E-state index < -0.39 is 0 Å². The molecule has 3 nitrogen and oxygen atoms in total. The molecule has 1 N–H and O–H groups in total. The van der Waals surface area contributed by atoms with E-state index in [9.17, 15) is 0 Å². The summed E-state index contributed by atoms with van der Waals surface area (Å²) in [6, 6.07) is 8.47. The lowest BCUT2D eigenvalue weighted by Gasteiger charge is -2.29. The van der Waals surface area contributed by atoms with Gasteiger partial charge in [0.05, 0.1) is 13.2 Å². The molecular formula is C14H20N2OS. The molecule has 1 aromatic rings. The Morgan fingerprint density at radius 3 is 2.39 bits per heavy atom. The van der Waals surface area contributed by atoms with E-state index in [2.05, 4.69) is 48.3 Å². The Morgan fingerprint density at radius 1 is 1.22 bits per heavy atom. The second kappa shape index (κ2) is 6.16. The van der Waals surface area contributed by atoms with Crippen LogP contribution in [0.5, 0.6) is 0 Å². The topological polar surface area (TPSA) is 24.5 Å². The molecule has 1 fully saturated rings. The van der Waals surface area contributed by atoms with Crippen molar-refractivity contribution in [2.45, 2.75) is 19.8 Å². The van der Waals surface area contributed by atoms with Crippen molar-refractivity contribution in [2.24, 2.45) is 0 Å². The van der Waals surface area contributed by atoms with Gasteiger partial charge >= 0.3 is 0 Å². The van der Waals surface area contributed by atoms with Crippen LogP contribution in [0.3, 0.4) is 0 Å². The third-order valence-corrected chi connectivity index (χ3v) is 3.49. The lowest BCUT2D eigenvalue weighted by Crippen LogP contribution is -2.42. The number of anilines is 1. The summed E-state index contributed by atoms with van der Waals surface area (Å²) < 4.78 is 5.31. The molecule has 0 saturated carbocycles. The summed E-state index contributed by atoms with van der Waals surface area (Å²) in [6.45, 7) is 7.65. The van der Waals surface area contributed by atoms with Crippen LogP contribution >= 0.6 is 12.2 Å². The minimum Gasteiger partial charge on any atom is -0.378 e. The molecule has 0 aliphatic carbocycles. The van der Waals surface area contributed by atoms with Gasteiger partial charge in [-0.1, -0.05) is 26.0 Å². The first-order chi connectivity index (χ1) is 8.66. The van der Waals surface area contributed by atoms with Crippen molar-refractivity contribution in [2.75, 3.05) is 31.6 Å². The predicted octanol–water partition coefficient (Wildman–Crippen LogP) is 2.84. The second-order valence-corrected chi connectivity index (χ2v) is 5.19. The van der Waals surface area contributed by atoms with Crippen LogP contribution in [0.15, 0.2) is 24.3 Å². The summed E-state index contributed by atoms with van der Waals surface area (Å²) in [5.74, 6) is 0.560. The number of hydrogen-bond acceptors (Lipinski definition) is 2. The van der Waals surface area contributed by atoms with Crippen LogP contribution in [-0.4, -0.2) is 36.3 Å². The molecule has 0 aromatic heterocycles. The van der Waals surface area contributed by atoms with Crippen LogP contribution in [0.1, 0.15) is 25.3 Å². The van der Waals surface area contributed by atoms with Crippen molar-refractivity contribution in [1.29, 1.82) is 0 Å². The maximum Gasteiger partial charge on any atom is 0.173 e. The van der Waals surface area contributed by atoms with E-state index in [4.69, 9.17) is 17.0 Å². The zero-order chi connectivity index (χ0) is 13.0. The molecule has 0 spiro atoms. The highest BCUT2D eigenvalue weighted by molar-refractivity contribution is 7.80. The number of benzene rings is 1. The van der Waals surface area contributed by atoms with Gasteiger partial charge in [-0.25, -0.2) is 0 Å². The maximum atomic E-state index is 5.40. The van der Waals surface area contributed by atoms with Crippen LogP contribution in [0.4, 0.5) is 5.69 Å². The summed E-state index contributed by atoms with van der Waals surface area (Å²) in [4.78, 5) is 2.15. The Morgan fingerprint density at radius 2 is 1.83 bits per heavy atom. The van der Waals surface area contributed by atoms with E-state index in [-0.39, 0.29) is 0 Å². The minimum atomic E-state index is 0.560. The van der Waals surface area contributed by atoms with E-state index in [1.165, 1.54) is 5.56 Å². The lowest BCUT2D eigenvalue weighted by atomic mass is 10.0. The number of thiocarbonyl (C=S) groups is 1. The predicted molar refractivity (Wildman–Crippen MR) is 79.1 cm³/mol. The minimum absolute atomic E-state index is 0.560. The van der Waals surface area contributed by atoms with E-state index >= 15 is 0 Å². The molecule has 1 aliphatic heterocycles. The summed E-state index contributed by atoms with van der Waals surface area (Å²) >= 11 is 5.40. The molecule has 98 valence electrons. The van der Waals surface area contributed by atoms with Gasteiger partial charge in [0.15, 0.2) is 5.11 Å². The Balaban J connectivity index is 1.94. The Bertz CT molecular complexity index is 397. The van der Waals surface area contributed by atoms with Crippen LogP contribution in [0.25, 0.3) is 0 Å². The molecule has 1 aromatic carbocycles. The normalized spacial score (nSPS) is 15.8. The number of ether oxygens (including phenoxy) is 1. The number of nitrogens with zero attached hydrogens (tertiary/aromatic N) is 1. The second-order valence-electron chi connectivity index (χ2n) is 4.81. The third-order valence-electron chi connectivity index (χ3n) is 3.13. The van der Waals surface area contributed by atoms with Gasteiger partial charge < -0.3 is 15.0 Å². The molecule has 0 radical (unpaired) electrons. The molecule has 4 heteroatoms. The van der Waals surface area contributed by atoms with E-state index in [0.717, 1.165) is 37.1 Å². The van der Waals surface area contributed by atoms with Gasteiger partial charge in [-0.3, -0.25) is 0 Å². The van der Waals surface area contributed by atoms with Crippen molar-refractivity contribution >= 4 is 23.0 Å². The van der Waals surface area contributed by atoms with Gasteiger partial charge in [0.25, 0.3) is 0 Å². The van der Waals surface area contributed by atoms with Crippen molar-refractivity contribution in [3.8, 4) is 0 Å². The first-order valence-electron chi connectivity index (χ1n) is 6.40. The van der Waals surface area contributed by atoms with E-state index in [0.29, 0.717) is 5.92 Å². The number of hydrogen-bond donors (Lipinski definition) is 1. The molecule has 1 heterocycles. The summed E-state index contributed by atoms with van der Waals surface area (Å²) in [5, 5.41) is 4.07. The first kappa shape index (κ1) is 13.3. The molecular weight excluding hydrogens is 244 g/mol. The van der Waals surface area contributed by atoms with Crippen molar-refractivity contribution < 1.29 is 4.74 Å². The smallest absolute Gasteiger partial charge is 0.173 e. The molecule has 0 atom stereocenters. The number of nitrogens with one attached hydrogen (secondary N) is 1. The van der Waals surface area contributed by atoms with Gasteiger partial charge in [0.1, 0.15) is 0 Å². The molecule has 1 saturated heterocycles. The van der Waals surface area contributed by atoms with Gasteiger partial charge in [0.2, 0.25) is 0 Å². The van der Waals surface area contributed by atoms with Gasteiger partial charge in [-0.15, -0.1) is 0 Å². The zero-order valence-corrected chi connectivity index (χ0v) is 11.8. The maximum absolute atomic E-state index is 5.40. The van der Waals surface area contributed by atoms with Crippen LogP contribution in [0, 0.1) is 0 Å². The molecule has 2 rings (SSSR count). The van der Waals surface area contributed by atoms with Gasteiger partial charge in [-0.05, 0) is 35.8 Å². The highest BCUT2D eigenvalue weighted by Gasteiger charge is 2.13. The fourth-order valence-electron chi connectivity index (χ4n) is 1.92. The van der Waals surface area contributed by atoms with Crippen LogP contribution in [-0.2, 0) is 4.74 Å². The zero-order valence-electron chi connectivity index (χ0n) is 11.0. The summed E-state index contributed by atoms with van der Waals surface area (Å²) in [7, 11) is 0. The Hall–Kier alpha value is -1.13. The van der Waals surface area contributed by atoms with Crippen LogP contribution < -0.4 is 5.32 Å². The summed E-state index contributed by atoms with van der Waals surface area (Å²) in [5.41, 5.74) is 2.40. The van der Waals surface area contributed by atoms with Gasteiger partial charge in [0, 0.05) is 18.8 Å². The standard InChI is InChI=1S/C14H20N2OS/c1-11(2)12-3-5-13(6-4-12)15-14(18)16-7-9-17-10-8-16/h3-6,11H,7-10H2,1-2H3,(H,15,18). The third kappa shape index (κ3) is 3.43. The fraction of sp³-hybridized carbons (Fsp3) is 0.500. The average Bonchev–Trinajstić information content (AvgIpc) is 2.40. The SMILES string of the molecule is CC(C)c1ccc(NC(=S)N2CCOCC2)cc1. The molecule has 1 aliphatic rings. The fourth-order valence-corrected chi connectivity index (χ4v) is 2.22. The lowest BCUT2D eigenvalue weighted by molar-refractivity contribution is 0.0690. The molecule has 0 unspecified atom stereocenters. The number of rotatable bonds is 2. The van der Waals surface area contributed by atoms with E-state index in [1.54, 1.807) is 0 Å². The van der Waals surface area contributed by atoms with Crippen molar-refractivity contribution in [3.05, 3.63) is 29.8 Å². The largest absolute Gasteiger partial charge is 0.378 e. The molecule has 0 amide bonds. The van der Waals surface area contributed by atoms with E-state index in [1.807, 2.05) is 0 Å². The molecule has 0 bridgehead atoms. The first-order valence-corrected chi connectivity index (χ1v) is 6.81. The number of morpholine rings is 1. The quantitative estimate of drug-likeness (QED) is 0.830. The average molecular weight is 264 g/mol. The highest BCUT2D eigenvalue weighted by Crippen LogP contribution is 2.17. The highest BCUT2D eigenvalue weighted by atomic mass is 32.1. The monoisotopic (exact) mass is 264 g/mol. The van der Waals surface area contributed by atoms with Crippen LogP contribution in [0.2, 0.25) is 0 Å². The van der Waals surface area contributed by atoms with Gasteiger partial charge in [-0.2, -0.15) is 0 Å². The Labute approximate surface area is 114 Å². The summed E-state index contributed by atoms with van der Waals surface area (Å²) in [6.07, 6.45) is 0. The Kier molecular flexibility index (Phi) is 4.55. The van der Waals surface area contributed by atoms with Crippen molar-refractivity contribution in [1.82, 2.24) is 4.90 Å². The van der Waals surface area contributed by atoms with Crippen molar-refractivity contribution in [3.63, 3.8) is 0 Å².